The molecule has 0 unspecified atom stereocenters. The maximum absolute atomic E-state index is 12.2. The Morgan fingerprint density at radius 1 is 1.38 bits per heavy atom. The number of amides is 1. The summed E-state index contributed by atoms with van der Waals surface area (Å²) in [5.41, 5.74) is 1.04. The molecule has 2 rings (SSSR count). The third-order valence-corrected chi connectivity index (χ3v) is 3.03. The van der Waals surface area contributed by atoms with Gasteiger partial charge in [0.15, 0.2) is 0 Å². The maximum Gasteiger partial charge on any atom is 0.257 e. The molecular formula is C15H16ClN3O2. The zero-order valence-electron chi connectivity index (χ0n) is 11.8. The molecule has 21 heavy (non-hydrogen) atoms. The Morgan fingerprint density at radius 2 is 2.19 bits per heavy atom. The average Bonchev–Trinajstić information content (AvgIpc) is 2.48. The van der Waals surface area contributed by atoms with Crippen LogP contribution in [0.4, 0.5) is 11.5 Å². The van der Waals surface area contributed by atoms with Crippen LogP contribution in [-0.4, -0.2) is 24.5 Å². The number of nitrogens with one attached hydrogen (secondary N) is 2. The van der Waals surface area contributed by atoms with E-state index in [4.69, 9.17) is 16.3 Å². The SMILES string of the molecule is CCOc1cccc(NC(=O)c2cnc(NC)c(Cl)c2)c1. The van der Waals surface area contributed by atoms with Crippen molar-refractivity contribution >= 4 is 29.0 Å². The molecule has 0 aliphatic rings. The van der Waals surface area contributed by atoms with E-state index in [1.54, 1.807) is 25.2 Å². The topological polar surface area (TPSA) is 63.2 Å². The van der Waals surface area contributed by atoms with Crippen LogP contribution in [0.25, 0.3) is 0 Å². The average molecular weight is 306 g/mol. The number of nitrogens with zero attached hydrogens (tertiary/aromatic N) is 1. The molecule has 5 nitrogen and oxygen atoms in total. The van der Waals surface area contributed by atoms with Gasteiger partial charge in [-0.1, -0.05) is 17.7 Å². The van der Waals surface area contributed by atoms with E-state index in [9.17, 15) is 4.79 Å². The highest BCUT2D eigenvalue weighted by Crippen LogP contribution is 2.21. The van der Waals surface area contributed by atoms with Crippen molar-refractivity contribution in [3.63, 3.8) is 0 Å². The minimum atomic E-state index is -0.277. The second kappa shape index (κ2) is 6.95. The van der Waals surface area contributed by atoms with E-state index in [0.29, 0.717) is 34.4 Å². The van der Waals surface area contributed by atoms with Gasteiger partial charge in [0.1, 0.15) is 11.6 Å². The first-order valence-electron chi connectivity index (χ1n) is 6.51. The van der Waals surface area contributed by atoms with Gasteiger partial charge in [-0.15, -0.1) is 0 Å². The normalized spacial score (nSPS) is 10.0. The number of carbonyl (C=O) groups excluding carboxylic acids is 1. The van der Waals surface area contributed by atoms with Crippen LogP contribution in [0.15, 0.2) is 36.5 Å². The smallest absolute Gasteiger partial charge is 0.257 e. The van der Waals surface area contributed by atoms with Gasteiger partial charge in [0.2, 0.25) is 0 Å². The van der Waals surface area contributed by atoms with Gasteiger partial charge in [-0.3, -0.25) is 4.79 Å². The summed E-state index contributed by atoms with van der Waals surface area (Å²) in [5.74, 6) is 0.962. The Morgan fingerprint density at radius 3 is 2.86 bits per heavy atom. The molecule has 0 aliphatic carbocycles. The van der Waals surface area contributed by atoms with Crippen molar-refractivity contribution in [3.8, 4) is 5.75 Å². The van der Waals surface area contributed by atoms with Crippen molar-refractivity contribution in [2.24, 2.45) is 0 Å². The lowest BCUT2D eigenvalue weighted by molar-refractivity contribution is 0.102. The predicted octanol–water partition coefficient (Wildman–Crippen LogP) is 3.43. The van der Waals surface area contributed by atoms with E-state index < -0.39 is 0 Å². The highest BCUT2D eigenvalue weighted by atomic mass is 35.5. The van der Waals surface area contributed by atoms with E-state index in [1.165, 1.54) is 6.20 Å². The lowest BCUT2D eigenvalue weighted by atomic mass is 10.2. The number of aromatic nitrogens is 1. The van der Waals surface area contributed by atoms with Crippen LogP contribution in [0.2, 0.25) is 5.02 Å². The summed E-state index contributed by atoms with van der Waals surface area (Å²) in [6.07, 6.45) is 1.47. The number of ether oxygens (including phenoxy) is 1. The van der Waals surface area contributed by atoms with Gasteiger partial charge in [0, 0.05) is 25.0 Å². The molecule has 0 atom stereocenters. The number of hydrogen-bond donors (Lipinski definition) is 2. The van der Waals surface area contributed by atoms with Crippen molar-refractivity contribution in [2.45, 2.75) is 6.92 Å². The third-order valence-electron chi connectivity index (χ3n) is 2.74. The summed E-state index contributed by atoms with van der Waals surface area (Å²) < 4.78 is 5.39. The van der Waals surface area contributed by atoms with Crippen LogP contribution in [0.5, 0.6) is 5.75 Å². The zero-order chi connectivity index (χ0) is 15.2. The molecule has 1 amide bonds. The minimum absolute atomic E-state index is 0.277. The molecule has 1 aromatic heterocycles. The van der Waals surface area contributed by atoms with E-state index >= 15 is 0 Å². The van der Waals surface area contributed by atoms with Crippen molar-refractivity contribution < 1.29 is 9.53 Å². The van der Waals surface area contributed by atoms with Gasteiger partial charge < -0.3 is 15.4 Å². The van der Waals surface area contributed by atoms with E-state index in [0.717, 1.165) is 0 Å². The molecule has 0 fully saturated rings. The number of halogens is 1. The quantitative estimate of drug-likeness (QED) is 0.888. The Bertz CT molecular complexity index is 647. The van der Waals surface area contributed by atoms with Gasteiger partial charge >= 0.3 is 0 Å². The van der Waals surface area contributed by atoms with Crippen LogP contribution in [0.1, 0.15) is 17.3 Å². The fourth-order valence-electron chi connectivity index (χ4n) is 1.78. The van der Waals surface area contributed by atoms with Gasteiger partial charge in [-0.05, 0) is 25.1 Å². The second-order valence-corrected chi connectivity index (χ2v) is 4.63. The van der Waals surface area contributed by atoms with E-state index in [-0.39, 0.29) is 5.91 Å². The number of anilines is 2. The summed E-state index contributed by atoms with van der Waals surface area (Å²) in [5, 5.41) is 6.02. The molecule has 0 aliphatic heterocycles. The fourth-order valence-corrected chi connectivity index (χ4v) is 2.04. The molecule has 1 aromatic carbocycles. The highest BCUT2D eigenvalue weighted by molar-refractivity contribution is 6.33. The number of carbonyl (C=O) groups is 1. The van der Waals surface area contributed by atoms with Crippen molar-refractivity contribution in [3.05, 3.63) is 47.1 Å². The van der Waals surface area contributed by atoms with Crippen LogP contribution in [0.3, 0.4) is 0 Å². The lowest BCUT2D eigenvalue weighted by Gasteiger charge is -2.09. The van der Waals surface area contributed by atoms with Gasteiger partial charge in [-0.2, -0.15) is 0 Å². The molecule has 2 aromatic rings. The molecular weight excluding hydrogens is 290 g/mol. The Kier molecular flexibility index (Phi) is 5.00. The van der Waals surface area contributed by atoms with E-state index in [1.807, 2.05) is 19.1 Å². The first-order valence-corrected chi connectivity index (χ1v) is 6.89. The Labute approximate surface area is 128 Å². The molecule has 0 saturated heterocycles. The number of hydrogen-bond acceptors (Lipinski definition) is 4. The van der Waals surface area contributed by atoms with Gasteiger partial charge in [0.05, 0.1) is 17.2 Å². The van der Waals surface area contributed by atoms with Crippen molar-refractivity contribution in [1.29, 1.82) is 0 Å². The summed E-state index contributed by atoms with van der Waals surface area (Å²) >= 11 is 6.02. The number of rotatable bonds is 5. The third kappa shape index (κ3) is 3.86. The summed E-state index contributed by atoms with van der Waals surface area (Å²) in [6.45, 7) is 2.48. The summed E-state index contributed by atoms with van der Waals surface area (Å²) in [6, 6.07) is 8.77. The molecule has 2 N–H and O–H groups in total. The lowest BCUT2D eigenvalue weighted by Crippen LogP contribution is -2.12. The first kappa shape index (κ1) is 15.1. The molecule has 6 heteroatoms. The molecule has 0 spiro atoms. The number of pyridine rings is 1. The van der Waals surface area contributed by atoms with Crippen LogP contribution < -0.4 is 15.4 Å². The molecule has 0 bridgehead atoms. The standard InChI is InChI=1S/C15H16ClN3O2/c1-3-21-12-6-4-5-11(8-12)19-15(20)10-7-13(16)14(17-2)18-9-10/h4-9H,3H2,1-2H3,(H,17,18)(H,19,20). The molecule has 1 heterocycles. The first-order chi connectivity index (χ1) is 10.1. The van der Waals surface area contributed by atoms with Crippen LogP contribution in [0, 0.1) is 0 Å². The Hall–Kier alpha value is -2.27. The van der Waals surface area contributed by atoms with Gasteiger partial charge in [-0.25, -0.2) is 4.98 Å². The minimum Gasteiger partial charge on any atom is -0.494 e. The maximum atomic E-state index is 12.2. The van der Waals surface area contributed by atoms with E-state index in [2.05, 4.69) is 15.6 Å². The predicted molar refractivity (Wildman–Crippen MR) is 84.4 cm³/mol. The van der Waals surface area contributed by atoms with Gasteiger partial charge in [0.25, 0.3) is 5.91 Å². The summed E-state index contributed by atoms with van der Waals surface area (Å²) in [4.78, 5) is 16.2. The van der Waals surface area contributed by atoms with Crippen LogP contribution >= 0.6 is 11.6 Å². The van der Waals surface area contributed by atoms with Crippen molar-refractivity contribution in [2.75, 3.05) is 24.3 Å². The second-order valence-electron chi connectivity index (χ2n) is 4.22. The highest BCUT2D eigenvalue weighted by Gasteiger charge is 2.10. The fraction of sp³-hybridized carbons (Fsp3) is 0.200. The number of benzene rings is 1. The zero-order valence-corrected chi connectivity index (χ0v) is 12.6. The molecule has 110 valence electrons. The van der Waals surface area contributed by atoms with Crippen LogP contribution in [-0.2, 0) is 0 Å². The molecule has 0 saturated carbocycles. The van der Waals surface area contributed by atoms with Crippen molar-refractivity contribution in [1.82, 2.24) is 4.98 Å². The largest absolute Gasteiger partial charge is 0.494 e. The Balaban J connectivity index is 2.14. The monoisotopic (exact) mass is 305 g/mol. The molecule has 0 radical (unpaired) electrons. The summed E-state index contributed by atoms with van der Waals surface area (Å²) in [7, 11) is 1.72.